The molecule has 12 heteroatoms. The number of β-amino-alcohol motifs (C(OH)–C–C–N with tert-alkyl or cyclic N) is 1. The molecule has 33 heavy (non-hydrogen) atoms. The summed E-state index contributed by atoms with van der Waals surface area (Å²) in [7, 11) is 0. The summed E-state index contributed by atoms with van der Waals surface area (Å²) in [6.45, 7) is 2.59. The first-order valence-electron chi connectivity index (χ1n) is 11.4. The van der Waals surface area contributed by atoms with Gasteiger partial charge < -0.3 is 45.9 Å². The van der Waals surface area contributed by atoms with Gasteiger partial charge in [0, 0.05) is 46.4 Å². The van der Waals surface area contributed by atoms with Gasteiger partial charge in [-0.3, -0.25) is 9.59 Å². The number of aliphatic hydroxyl groups is 4. The molecule has 2 amide bonds. The number of halogens is 1. The molecule has 1 saturated heterocycles. The van der Waals surface area contributed by atoms with E-state index in [-0.39, 0.29) is 43.9 Å². The zero-order valence-corrected chi connectivity index (χ0v) is 20.3. The van der Waals surface area contributed by atoms with Crippen LogP contribution in [0.5, 0.6) is 0 Å². The molecular weight excluding hydrogens is 458 g/mol. The number of carbonyl (C=O) groups is 2. The van der Waals surface area contributed by atoms with Gasteiger partial charge in [-0.1, -0.05) is 0 Å². The normalized spacial score (nSPS) is 25.3. The van der Waals surface area contributed by atoms with Crippen molar-refractivity contribution in [2.24, 2.45) is 5.73 Å². The van der Waals surface area contributed by atoms with Crippen LogP contribution in [-0.4, -0.2) is 114 Å². The van der Waals surface area contributed by atoms with Crippen LogP contribution in [0.4, 0.5) is 0 Å². The van der Waals surface area contributed by atoms with Crippen molar-refractivity contribution in [3.05, 3.63) is 0 Å². The number of amides is 2. The number of aliphatic hydroxyl groups excluding tert-OH is 4. The minimum atomic E-state index is -1.50. The average molecular weight is 500 g/mol. The lowest BCUT2D eigenvalue weighted by Gasteiger charge is -2.34. The molecule has 0 unspecified atom stereocenters. The van der Waals surface area contributed by atoms with Crippen LogP contribution in [0, 0.1) is 0 Å². The molecule has 0 spiro atoms. The van der Waals surface area contributed by atoms with Crippen molar-refractivity contribution in [1.82, 2.24) is 10.2 Å². The van der Waals surface area contributed by atoms with Crippen molar-refractivity contribution in [1.29, 1.82) is 0 Å². The fourth-order valence-corrected chi connectivity index (χ4v) is 3.48. The number of unbranched alkanes of at least 4 members (excludes halogenated alkanes) is 1. The van der Waals surface area contributed by atoms with E-state index in [9.17, 15) is 30.0 Å². The lowest BCUT2D eigenvalue weighted by molar-refractivity contribution is -0.152. The summed E-state index contributed by atoms with van der Waals surface area (Å²) < 4.78 is 11.1. The van der Waals surface area contributed by atoms with Gasteiger partial charge in [-0.2, -0.15) is 0 Å². The first-order chi connectivity index (χ1) is 15.3. The smallest absolute Gasteiger partial charge is 0.239 e. The predicted octanol–water partition coefficient (Wildman–Crippen LogP) is -1.47. The van der Waals surface area contributed by atoms with Crippen molar-refractivity contribution >= 4 is 24.2 Å². The number of ether oxygens (including phenoxy) is 2. The van der Waals surface area contributed by atoms with Gasteiger partial charge in [0.05, 0.1) is 12.6 Å². The molecule has 0 aromatic heterocycles. The molecule has 196 valence electrons. The Bertz CT molecular complexity index is 546. The van der Waals surface area contributed by atoms with Gasteiger partial charge in [0.15, 0.2) is 0 Å². The predicted molar refractivity (Wildman–Crippen MR) is 124 cm³/mol. The Morgan fingerprint density at radius 2 is 1.82 bits per heavy atom. The summed E-state index contributed by atoms with van der Waals surface area (Å²) in [4.78, 5) is 25.2. The van der Waals surface area contributed by atoms with Crippen LogP contribution < -0.4 is 11.1 Å². The Morgan fingerprint density at radius 3 is 2.48 bits per heavy atom. The van der Waals surface area contributed by atoms with Crippen molar-refractivity contribution < 1.29 is 39.5 Å². The van der Waals surface area contributed by atoms with E-state index in [2.05, 4.69) is 5.32 Å². The summed E-state index contributed by atoms with van der Waals surface area (Å²) in [6, 6.07) is -0.786. The summed E-state index contributed by atoms with van der Waals surface area (Å²) in [5.74, 6) is -0.470. The Labute approximate surface area is 202 Å². The third-order valence-electron chi connectivity index (χ3n) is 5.36. The highest BCUT2D eigenvalue weighted by Gasteiger charge is 2.35. The zero-order valence-electron chi connectivity index (χ0n) is 19.4. The second-order valence-electron chi connectivity index (χ2n) is 8.19. The number of nitrogens with two attached hydrogens (primary N) is 1. The van der Waals surface area contributed by atoms with E-state index < -0.39 is 37.1 Å². The fourth-order valence-electron chi connectivity index (χ4n) is 3.48. The highest BCUT2D eigenvalue weighted by atomic mass is 35.5. The minimum Gasteiger partial charge on any atom is -0.394 e. The molecule has 1 fully saturated rings. The van der Waals surface area contributed by atoms with Gasteiger partial charge in [0.1, 0.15) is 24.4 Å². The van der Waals surface area contributed by atoms with E-state index in [1.54, 1.807) is 0 Å². The second-order valence-corrected chi connectivity index (χ2v) is 8.19. The summed E-state index contributed by atoms with van der Waals surface area (Å²) in [5, 5.41) is 43.1. The lowest BCUT2D eigenvalue weighted by atomic mass is 10.0. The molecule has 0 radical (unpaired) electrons. The summed E-state index contributed by atoms with van der Waals surface area (Å²) >= 11 is 0. The molecule has 0 saturated carbocycles. The first-order valence-corrected chi connectivity index (χ1v) is 11.4. The first kappa shape index (κ1) is 31.9. The maximum Gasteiger partial charge on any atom is 0.239 e. The van der Waals surface area contributed by atoms with Crippen LogP contribution >= 0.6 is 12.4 Å². The number of hydrogen-bond donors (Lipinski definition) is 6. The Hall–Kier alpha value is -1.05. The van der Waals surface area contributed by atoms with E-state index in [4.69, 9.17) is 15.2 Å². The molecule has 7 N–H and O–H groups in total. The van der Waals surface area contributed by atoms with Gasteiger partial charge >= 0.3 is 0 Å². The topological polar surface area (TPSA) is 175 Å². The van der Waals surface area contributed by atoms with Crippen molar-refractivity contribution in [2.75, 3.05) is 46.1 Å². The number of rotatable bonds is 8. The van der Waals surface area contributed by atoms with E-state index in [0.717, 1.165) is 0 Å². The van der Waals surface area contributed by atoms with E-state index in [0.29, 0.717) is 58.3 Å². The molecule has 11 nitrogen and oxygen atoms in total. The van der Waals surface area contributed by atoms with Gasteiger partial charge in [-0.25, -0.2) is 0 Å². The van der Waals surface area contributed by atoms with Crippen molar-refractivity contribution in [3.63, 3.8) is 0 Å². The molecule has 0 aromatic rings. The van der Waals surface area contributed by atoms with Crippen LogP contribution in [0.15, 0.2) is 0 Å². The second kappa shape index (κ2) is 18.3. The van der Waals surface area contributed by atoms with Crippen molar-refractivity contribution in [2.45, 2.75) is 75.9 Å². The van der Waals surface area contributed by atoms with E-state index >= 15 is 0 Å². The standard InChI is InChI=1S/C21H41N3O8.ClH/c1-15(26)23-8-3-2-7-16(22)21(30)24-9-6-11-31-10-4-5-12-32-20(18(28)14-25)19(29)17(27)13-24;/h16-20,25,27-29H,2-14,22H2,1H3,(H,23,26);1H/t16-,17+,18+,19+,20+;/m0./s1. The van der Waals surface area contributed by atoms with Crippen molar-refractivity contribution in [3.8, 4) is 0 Å². The molecule has 1 aliphatic heterocycles. The molecular formula is C21H42ClN3O8. The van der Waals surface area contributed by atoms with Crippen LogP contribution in [0.3, 0.4) is 0 Å². The maximum absolute atomic E-state index is 12.9. The van der Waals surface area contributed by atoms with Gasteiger partial charge in [0.25, 0.3) is 0 Å². The molecule has 1 heterocycles. The van der Waals surface area contributed by atoms with Crippen LogP contribution in [0.25, 0.3) is 0 Å². The SMILES string of the molecule is CC(=O)NCCCC[C@H](N)C(=O)N1CCCOCCCCO[C@H]([C@H](O)CO)[C@H](O)[C@H](O)C1.Cl. The number of nitrogens with zero attached hydrogens (tertiary/aromatic N) is 1. The third-order valence-corrected chi connectivity index (χ3v) is 5.36. The highest BCUT2D eigenvalue weighted by molar-refractivity contribution is 5.85. The minimum absolute atomic E-state index is 0. The zero-order chi connectivity index (χ0) is 23.9. The lowest BCUT2D eigenvalue weighted by Crippen LogP contribution is -2.54. The summed E-state index contributed by atoms with van der Waals surface area (Å²) in [6.07, 6.45) is -1.83. The molecule has 1 rings (SSSR count). The average Bonchev–Trinajstić information content (AvgIpc) is 2.76. The van der Waals surface area contributed by atoms with Gasteiger partial charge in [0.2, 0.25) is 11.8 Å². The number of carbonyl (C=O) groups excluding carboxylic acids is 2. The Morgan fingerprint density at radius 1 is 1.15 bits per heavy atom. The summed E-state index contributed by atoms with van der Waals surface area (Å²) in [5.41, 5.74) is 6.08. The monoisotopic (exact) mass is 499 g/mol. The number of hydrogen-bond acceptors (Lipinski definition) is 9. The molecule has 5 atom stereocenters. The molecule has 0 bridgehead atoms. The van der Waals surface area contributed by atoms with Crippen LogP contribution in [-0.2, 0) is 19.1 Å². The molecule has 1 aliphatic rings. The fraction of sp³-hybridized carbons (Fsp3) is 0.905. The maximum atomic E-state index is 12.9. The van der Waals surface area contributed by atoms with E-state index in [1.165, 1.54) is 11.8 Å². The molecule has 0 aromatic carbocycles. The van der Waals surface area contributed by atoms with Crippen LogP contribution in [0.1, 0.15) is 45.4 Å². The Balaban J connectivity index is 0.0000102. The van der Waals surface area contributed by atoms with Gasteiger partial charge in [-0.15, -0.1) is 12.4 Å². The van der Waals surface area contributed by atoms with E-state index in [1.807, 2.05) is 0 Å². The Kier molecular flexibility index (Phi) is 17.7. The van der Waals surface area contributed by atoms with Crippen LogP contribution in [0.2, 0.25) is 0 Å². The third kappa shape index (κ3) is 12.8. The van der Waals surface area contributed by atoms with Gasteiger partial charge in [-0.05, 0) is 38.5 Å². The number of nitrogens with one attached hydrogen (secondary N) is 1. The largest absolute Gasteiger partial charge is 0.394 e. The molecule has 0 aliphatic carbocycles. The highest BCUT2D eigenvalue weighted by Crippen LogP contribution is 2.14. The quantitative estimate of drug-likeness (QED) is 0.218.